The van der Waals surface area contributed by atoms with E-state index in [4.69, 9.17) is 11.6 Å². The van der Waals surface area contributed by atoms with Crippen molar-refractivity contribution in [2.45, 2.75) is 69.9 Å². The van der Waals surface area contributed by atoms with Gasteiger partial charge in [0.1, 0.15) is 11.4 Å². The molecule has 0 unspecified atom stereocenters. The lowest BCUT2D eigenvalue weighted by Crippen LogP contribution is -2.39. The SMILES string of the molecule is O=C(N[C@H]1CC[C@H](O)CC1)c1cnc(N2CCC[C@H]2CO)nc1NCc1ccc(CO)c(Cl)c1. The van der Waals surface area contributed by atoms with Crippen LogP contribution in [-0.2, 0) is 13.2 Å². The third kappa shape index (κ3) is 5.78. The molecule has 0 bridgehead atoms. The molecule has 2 heterocycles. The summed E-state index contributed by atoms with van der Waals surface area (Å²) in [5, 5.41) is 35.6. The van der Waals surface area contributed by atoms with E-state index in [1.54, 1.807) is 12.1 Å². The summed E-state index contributed by atoms with van der Waals surface area (Å²) in [4.78, 5) is 24.2. The summed E-state index contributed by atoms with van der Waals surface area (Å²) >= 11 is 6.23. The molecule has 5 N–H and O–H groups in total. The van der Waals surface area contributed by atoms with E-state index in [-0.39, 0.29) is 37.3 Å². The summed E-state index contributed by atoms with van der Waals surface area (Å²) in [5.74, 6) is 0.624. The number of aliphatic hydroxyl groups excluding tert-OH is 3. The number of aliphatic hydroxyl groups is 3. The van der Waals surface area contributed by atoms with Crippen LogP contribution in [-0.4, -0.2) is 62.5 Å². The molecule has 1 aliphatic carbocycles. The summed E-state index contributed by atoms with van der Waals surface area (Å²) < 4.78 is 0. The second kappa shape index (κ2) is 11.3. The van der Waals surface area contributed by atoms with E-state index in [0.29, 0.717) is 47.3 Å². The largest absolute Gasteiger partial charge is 0.394 e. The second-order valence-corrected chi connectivity index (χ2v) is 9.43. The van der Waals surface area contributed by atoms with Crippen molar-refractivity contribution in [2.75, 3.05) is 23.4 Å². The fraction of sp³-hybridized carbons (Fsp3) is 0.542. The second-order valence-electron chi connectivity index (χ2n) is 9.02. The Kier molecular flexibility index (Phi) is 8.20. The Labute approximate surface area is 204 Å². The molecular formula is C24H32ClN5O4. The predicted octanol–water partition coefficient (Wildman–Crippen LogP) is 2.23. The molecule has 0 spiro atoms. The van der Waals surface area contributed by atoms with Gasteiger partial charge in [-0.2, -0.15) is 4.98 Å². The quantitative estimate of drug-likeness (QED) is 0.381. The van der Waals surface area contributed by atoms with E-state index in [1.165, 1.54) is 6.20 Å². The van der Waals surface area contributed by atoms with Crippen LogP contribution in [0.2, 0.25) is 5.02 Å². The molecule has 184 valence electrons. The number of anilines is 2. The standard InChI is InChI=1S/C24H32ClN5O4/c25-21-10-15(3-4-16(21)13-31)11-26-22-20(23(34)28-17-5-7-19(33)8-6-17)12-27-24(29-22)30-9-1-2-18(30)14-32/h3-4,10,12,17-19,31-33H,1-2,5-9,11,13-14H2,(H,28,34)(H,26,27,29)/t17-,18-,19-/m0/s1. The Bertz CT molecular complexity index is 999. The normalized spacial score (nSPS) is 22.6. The number of rotatable bonds is 8. The summed E-state index contributed by atoms with van der Waals surface area (Å²) in [6.45, 7) is 1.02. The van der Waals surface area contributed by atoms with Gasteiger partial charge in [0.2, 0.25) is 5.95 Å². The first-order valence-electron chi connectivity index (χ1n) is 11.8. The zero-order chi connectivity index (χ0) is 24.1. The first-order valence-corrected chi connectivity index (χ1v) is 12.2. The van der Waals surface area contributed by atoms with E-state index in [9.17, 15) is 20.1 Å². The number of halogens is 1. The molecule has 1 saturated carbocycles. The van der Waals surface area contributed by atoms with Gasteiger partial charge in [-0.1, -0.05) is 23.7 Å². The van der Waals surface area contributed by atoms with Crippen LogP contribution in [0.3, 0.4) is 0 Å². The molecule has 1 aliphatic heterocycles. The Balaban J connectivity index is 1.55. The van der Waals surface area contributed by atoms with Gasteiger partial charge in [0.15, 0.2) is 0 Å². The number of nitrogens with zero attached hydrogens (tertiary/aromatic N) is 3. The third-order valence-electron chi connectivity index (χ3n) is 6.65. The number of hydrogen-bond donors (Lipinski definition) is 5. The van der Waals surface area contributed by atoms with Gasteiger partial charge < -0.3 is 30.9 Å². The Morgan fingerprint density at radius 1 is 1.18 bits per heavy atom. The van der Waals surface area contributed by atoms with Crippen LogP contribution in [0.1, 0.15) is 60.0 Å². The van der Waals surface area contributed by atoms with Gasteiger partial charge in [-0.3, -0.25) is 4.79 Å². The van der Waals surface area contributed by atoms with Crippen LogP contribution in [0.4, 0.5) is 11.8 Å². The Morgan fingerprint density at radius 3 is 2.68 bits per heavy atom. The highest BCUT2D eigenvalue weighted by Gasteiger charge is 2.28. The first-order chi connectivity index (χ1) is 16.5. The average Bonchev–Trinajstić information content (AvgIpc) is 3.33. The lowest BCUT2D eigenvalue weighted by molar-refractivity contribution is 0.0867. The van der Waals surface area contributed by atoms with Crippen LogP contribution < -0.4 is 15.5 Å². The van der Waals surface area contributed by atoms with Gasteiger partial charge in [0.25, 0.3) is 5.91 Å². The Hall–Kier alpha value is -2.46. The molecule has 34 heavy (non-hydrogen) atoms. The molecule has 1 amide bonds. The third-order valence-corrected chi connectivity index (χ3v) is 7.00. The molecule has 2 aromatic rings. The highest BCUT2D eigenvalue weighted by atomic mass is 35.5. The molecule has 9 nitrogen and oxygen atoms in total. The molecule has 1 atom stereocenters. The number of carbonyl (C=O) groups excluding carboxylic acids is 1. The lowest BCUT2D eigenvalue weighted by atomic mass is 9.93. The minimum Gasteiger partial charge on any atom is -0.394 e. The van der Waals surface area contributed by atoms with Crippen molar-refractivity contribution in [2.24, 2.45) is 0 Å². The van der Waals surface area contributed by atoms with Crippen LogP contribution >= 0.6 is 11.6 Å². The van der Waals surface area contributed by atoms with E-state index in [2.05, 4.69) is 20.6 Å². The summed E-state index contributed by atoms with van der Waals surface area (Å²) in [6.07, 6.45) is 5.87. The van der Waals surface area contributed by atoms with Crippen molar-refractivity contribution >= 4 is 29.3 Å². The number of hydrogen-bond acceptors (Lipinski definition) is 8. The number of aromatic nitrogens is 2. The molecule has 1 saturated heterocycles. The molecule has 0 radical (unpaired) electrons. The fourth-order valence-corrected chi connectivity index (χ4v) is 4.86. The summed E-state index contributed by atoms with van der Waals surface area (Å²) in [7, 11) is 0. The van der Waals surface area contributed by atoms with Gasteiger partial charge in [-0.05, 0) is 55.7 Å². The zero-order valence-corrected chi connectivity index (χ0v) is 19.8. The maximum absolute atomic E-state index is 13.1. The van der Waals surface area contributed by atoms with E-state index < -0.39 is 0 Å². The minimum atomic E-state index is -0.294. The average molecular weight is 490 g/mol. The van der Waals surface area contributed by atoms with Crippen LogP contribution in [0.5, 0.6) is 0 Å². The predicted molar refractivity (Wildman–Crippen MR) is 130 cm³/mol. The van der Waals surface area contributed by atoms with Gasteiger partial charge in [0, 0.05) is 30.4 Å². The molecule has 10 heteroatoms. The maximum Gasteiger partial charge on any atom is 0.256 e. The van der Waals surface area contributed by atoms with Crippen molar-refractivity contribution in [1.29, 1.82) is 0 Å². The fourth-order valence-electron chi connectivity index (χ4n) is 4.60. The smallest absolute Gasteiger partial charge is 0.256 e. The first kappa shape index (κ1) is 24.7. The van der Waals surface area contributed by atoms with Gasteiger partial charge in [0.05, 0.1) is 25.4 Å². The van der Waals surface area contributed by atoms with Crippen molar-refractivity contribution in [1.82, 2.24) is 15.3 Å². The van der Waals surface area contributed by atoms with Gasteiger partial charge >= 0.3 is 0 Å². The zero-order valence-electron chi connectivity index (χ0n) is 19.1. The van der Waals surface area contributed by atoms with Crippen LogP contribution in [0.15, 0.2) is 24.4 Å². The molecule has 4 rings (SSSR count). The van der Waals surface area contributed by atoms with Crippen molar-refractivity contribution in [3.63, 3.8) is 0 Å². The van der Waals surface area contributed by atoms with Crippen LogP contribution in [0, 0.1) is 0 Å². The molecule has 2 fully saturated rings. The molecule has 2 aliphatic rings. The summed E-state index contributed by atoms with van der Waals surface area (Å²) in [6, 6.07) is 5.38. The molecule has 1 aromatic heterocycles. The number of benzene rings is 1. The monoisotopic (exact) mass is 489 g/mol. The number of amides is 1. The van der Waals surface area contributed by atoms with E-state index in [0.717, 1.165) is 37.8 Å². The minimum absolute atomic E-state index is 0.00520. The van der Waals surface area contributed by atoms with E-state index >= 15 is 0 Å². The van der Waals surface area contributed by atoms with Crippen LogP contribution in [0.25, 0.3) is 0 Å². The molecule has 1 aromatic carbocycles. The summed E-state index contributed by atoms with van der Waals surface area (Å²) in [5.41, 5.74) is 1.87. The maximum atomic E-state index is 13.1. The van der Waals surface area contributed by atoms with Crippen molar-refractivity contribution < 1.29 is 20.1 Å². The number of carbonyl (C=O) groups is 1. The van der Waals surface area contributed by atoms with Gasteiger partial charge in [-0.25, -0.2) is 4.98 Å². The van der Waals surface area contributed by atoms with Gasteiger partial charge in [-0.15, -0.1) is 0 Å². The highest BCUT2D eigenvalue weighted by Crippen LogP contribution is 2.26. The van der Waals surface area contributed by atoms with Crippen molar-refractivity contribution in [3.05, 3.63) is 46.1 Å². The van der Waals surface area contributed by atoms with Crippen molar-refractivity contribution in [3.8, 4) is 0 Å². The Morgan fingerprint density at radius 2 is 1.97 bits per heavy atom. The highest BCUT2D eigenvalue weighted by molar-refractivity contribution is 6.31. The topological polar surface area (TPSA) is 131 Å². The number of nitrogens with one attached hydrogen (secondary N) is 2. The lowest BCUT2D eigenvalue weighted by Gasteiger charge is -2.27. The van der Waals surface area contributed by atoms with E-state index in [1.807, 2.05) is 11.0 Å². The molecular weight excluding hydrogens is 458 g/mol.